The van der Waals surface area contributed by atoms with Gasteiger partial charge in [-0.2, -0.15) is 5.26 Å². The minimum atomic E-state index is -0.513. The first kappa shape index (κ1) is 15.7. The van der Waals surface area contributed by atoms with Gasteiger partial charge < -0.3 is 5.32 Å². The lowest BCUT2D eigenvalue weighted by atomic mass is 10.1. The van der Waals surface area contributed by atoms with Crippen molar-refractivity contribution in [2.24, 2.45) is 0 Å². The zero-order valence-corrected chi connectivity index (χ0v) is 12.3. The highest BCUT2D eigenvalue weighted by atomic mass is 35.5. The Morgan fingerprint density at radius 2 is 2.14 bits per heavy atom. The van der Waals surface area contributed by atoms with Crippen LogP contribution in [0.4, 0.5) is 15.8 Å². The lowest BCUT2D eigenvalue weighted by Gasteiger charge is -2.10. The van der Waals surface area contributed by atoms with Gasteiger partial charge in [-0.05, 0) is 31.2 Å². The number of halogens is 2. The lowest BCUT2D eigenvalue weighted by Crippen LogP contribution is -2.04. The van der Waals surface area contributed by atoms with E-state index in [1.165, 1.54) is 30.3 Å². The van der Waals surface area contributed by atoms with Crippen LogP contribution in [0.1, 0.15) is 16.7 Å². The van der Waals surface area contributed by atoms with Crippen LogP contribution in [-0.4, -0.2) is 4.92 Å². The number of anilines is 1. The van der Waals surface area contributed by atoms with Crippen LogP contribution in [0.15, 0.2) is 30.3 Å². The molecule has 0 saturated carbocycles. The second-order valence-corrected chi connectivity index (χ2v) is 5.05. The van der Waals surface area contributed by atoms with Gasteiger partial charge >= 0.3 is 0 Å². The van der Waals surface area contributed by atoms with Gasteiger partial charge in [0.15, 0.2) is 0 Å². The molecular weight excluding hydrogens is 309 g/mol. The Bertz CT molecular complexity index is 787. The summed E-state index contributed by atoms with van der Waals surface area (Å²) in [5.74, 6) is -0.443. The summed E-state index contributed by atoms with van der Waals surface area (Å²) in [5, 5.41) is 22.7. The Labute approximate surface area is 131 Å². The number of nitrogens with zero attached hydrogens (tertiary/aromatic N) is 2. The van der Waals surface area contributed by atoms with Crippen molar-refractivity contribution in [3.63, 3.8) is 0 Å². The van der Waals surface area contributed by atoms with E-state index in [2.05, 4.69) is 5.32 Å². The summed E-state index contributed by atoms with van der Waals surface area (Å²) in [6.07, 6.45) is 0. The molecule has 0 radical (unpaired) electrons. The number of nitro groups is 1. The van der Waals surface area contributed by atoms with Gasteiger partial charge in [-0.15, -0.1) is 0 Å². The molecule has 0 heterocycles. The average Bonchev–Trinajstić information content (AvgIpc) is 2.48. The third-order valence-electron chi connectivity index (χ3n) is 3.13. The minimum absolute atomic E-state index is 0.0757. The second kappa shape index (κ2) is 6.41. The average molecular weight is 320 g/mol. The van der Waals surface area contributed by atoms with Crippen molar-refractivity contribution in [2.75, 3.05) is 5.32 Å². The molecule has 1 N–H and O–H groups in total. The molecule has 5 nitrogen and oxygen atoms in total. The van der Waals surface area contributed by atoms with Crippen LogP contribution >= 0.6 is 11.6 Å². The third kappa shape index (κ3) is 3.32. The molecule has 0 saturated heterocycles. The molecule has 0 unspecified atom stereocenters. The summed E-state index contributed by atoms with van der Waals surface area (Å²) in [4.78, 5) is 10.3. The molecule has 112 valence electrons. The fourth-order valence-electron chi connectivity index (χ4n) is 1.97. The van der Waals surface area contributed by atoms with Gasteiger partial charge in [-0.3, -0.25) is 10.1 Å². The standard InChI is InChI=1S/C15H11ClFN3O2/c1-9-4-14(12(16)6-15(9)20(21)22)19-8-11-5-10(7-18)2-3-13(11)17/h2-6,19H,8H2,1H3. The minimum Gasteiger partial charge on any atom is -0.380 e. The summed E-state index contributed by atoms with van der Waals surface area (Å²) in [6.45, 7) is 1.70. The van der Waals surface area contributed by atoms with Crippen molar-refractivity contribution in [3.05, 3.63) is 68.0 Å². The van der Waals surface area contributed by atoms with Crippen LogP contribution in [0.2, 0.25) is 5.02 Å². The van der Waals surface area contributed by atoms with Crippen LogP contribution in [-0.2, 0) is 6.54 Å². The molecule has 2 aromatic rings. The van der Waals surface area contributed by atoms with Gasteiger partial charge in [-0.25, -0.2) is 4.39 Å². The highest BCUT2D eigenvalue weighted by molar-refractivity contribution is 6.33. The van der Waals surface area contributed by atoms with Crippen molar-refractivity contribution in [3.8, 4) is 6.07 Å². The lowest BCUT2D eigenvalue weighted by molar-refractivity contribution is -0.385. The number of hydrogen-bond acceptors (Lipinski definition) is 4. The molecular formula is C15H11ClFN3O2. The first-order valence-electron chi connectivity index (χ1n) is 6.29. The highest BCUT2D eigenvalue weighted by Crippen LogP contribution is 2.30. The van der Waals surface area contributed by atoms with Crippen LogP contribution in [0.25, 0.3) is 0 Å². The molecule has 7 heteroatoms. The van der Waals surface area contributed by atoms with Gasteiger partial charge in [0.2, 0.25) is 0 Å². The van der Waals surface area contributed by atoms with Gasteiger partial charge in [0.25, 0.3) is 5.69 Å². The Morgan fingerprint density at radius 1 is 1.41 bits per heavy atom. The zero-order valence-electron chi connectivity index (χ0n) is 11.6. The molecule has 0 spiro atoms. The molecule has 0 amide bonds. The summed E-state index contributed by atoms with van der Waals surface area (Å²) in [7, 11) is 0. The van der Waals surface area contributed by atoms with Crippen molar-refractivity contribution < 1.29 is 9.31 Å². The largest absolute Gasteiger partial charge is 0.380 e. The molecule has 0 fully saturated rings. The number of aryl methyl sites for hydroxylation is 1. The fraction of sp³-hybridized carbons (Fsp3) is 0.133. The molecule has 0 aliphatic carbocycles. The molecule has 2 rings (SSSR count). The summed E-state index contributed by atoms with van der Waals surface area (Å²) < 4.78 is 13.7. The van der Waals surface area contributed by atoms with E-state index in [1.807, 2.05) is 6.07 Å². The quantitative estimate of drug-likeness (QED) is 0.677. The van der Waals surface area contributed by atoms with E-state index < -0.39 is 10.7 Å². The first-order chi connectivity index (χ1) is 10.4. The number of nitrogens with one attached hydrogen (secondary N) is 1. The maximum absolute atomic E-state index is 13.7. The Morgan fingerprint density at radius 3 is 2.77 bits per heavy atom. The number of nitriles is 1. The topological polar surface area (TPSA) is 79.0 Å². The normalized spacial score (nSPS) is 10.1. The molecule has 22 heavy (non-hydrogen) atoms. The Balaban J connectivity index is 2.24. The summed E-state index contributed by atoms with van der Waals surface area (Å²) in [6, 6.07) is 8.77. The molecule has 0 aliphatic heterocycles. The van der Waals surface area contributed by atoms with Gasteiger partial charge in [-0.1, -0.05) is 11.6 Å². The maximum Gasteiger partial charge on any atom is 0.273 e. The van der Waals surface area contributed by atoms with Gasteiger partial charge in [0, 0.05) is 23.7 Å². The van der Waals surface area contributed by atoms with Crippen molar-refractivity contribution in [1.82, 2.24) is 0 Å². The first-order valence-corrected chi connectivity index (χ1v) is 6.67. The summed E-state index contributed by atoms with van der Waals surface area (Å²) >= 11 is 6.00. The summed E-state index contributed by atoms with van der Waals surface area (Å²) in [5.41, 5.74) is 1.50. The number of rotatable bonds is 4. The van der Waals surface area contributed by atoms with E-state index in [9.17, 15) is 14.5 Å². The van der Waals surface area contributed by atoms with Gasteiger partial charge in [0.1, 0.15) is 5.82 Å². The van der Waals surface area contributed by atoms with Crippen molar-refractivity contribution >= 4 is 23.0 Å². The van der Waals surface area contributed by atoms with E-state index in [0.29, 0.717) is 22.4 Å². The van der Waals surface area contributed by atoms with Gasteiger partial charge in [0.05, 0.1) is 27.3 Å². The SMILES string of the molecule is Cc1cc(NCc2cc(C#N)ccc2F)c(Cl)cc1[N+](=O)[O-]. The van der Waals surface area contributed by atoms with Crippen molar-refractivity contribution in [2.45, 2.75) is 13.5 Å². The van der Waals surface area contributed by atoms with Crippen LogP contribution in [0.5, 0.6) is 0 Å². The zero-order chi connectivity index (χ0) is 16.3. The van der Waals surface area contributed by atoms with E-state index in [1.54, 1.807) is 6.92 Å². The molecule has 0 bridgehead atoms. The third-order valence-corrected chi connectivity index (χ3v) is 3.44. The predicted molar refractivity (Wildman–Crippen MR) is 81.3 cm³/mol. The van der Waals surface area contributed by atoms with Crippen LogP contribution in [0.3, 0.4) is 0 Å². The Hall–Kier alpha value is -2.65. The number of nitro benzene ring substituents is 1. The highest BCUT2D eigenvalue weighted by Gasteiger charge is 2.14. The monoisotopic (exact) mass is 319 g/mol. The maximum atomic E-state index is 13.7. The van der Waals surface area contributed by atoms with E-state index >= 15 is 0 Å². The molecule has 0 atom stereocenters. The van der Waals surface area contributed by atoms with Crippen LogP contribution < -0.4 is 5.32 Å². The molecule has 0 aliphatic rings. The predicted octanol–water partition coefficient (Wildman–Crippen LogP) is 4.18. The molecule has 2 aromatic carbocycles. The van der Waals surface area contributed by atoms with E-state index in [4.69, 9.17) is 16.9 Å². The van der Waals surface area contributed by atoms with Crippen molar-refractivity contribution in [1.29, 1.82) is 5.26 Å². The fourth-order valence-corrected chi connectivity index (χ4v) is 2.20. The molecule has 0 aromatic heterocycles. The second-order valence-electron chi connectivity index (χ2n) is 4.65. The number of benzene rings is 2. The smallest absolute Gasteiger partial charge is 0.273 e. The van der Waals surface area contributed by atoms with E-state index in [-0.39, 0.29) is 17.3 Å². The Kier molecular flexibility index (Phi) is 4.59. The number of hydrogen-bond donors (Lipinski definition) is 1. The van der Waals surface area contributed by atoms with Crippen LogP contribution in [0, 0.1) is 34.2 Å². The van der Waals surface area contributed by atoms with E-state index in [0.717, 1.165) is 0 Å².